The normalized spacial score (nSPS) is 11.9. The van der Waals surface area contributed by atoms with E-state index >= 15 is 0 Å². The SMILES string of the molecule is CCCCCCCCCCCc1noc(-c2ccc(C(=O)N(CC(=O)O)Cc3ccc(S(=O)(=O)C(F)(F)F)cc3)cc2)n1. The lowest BCUT2D eigenvalue weighted by Crippen LogP contribution is -2.35. The first-order chi connectivity index (χ1) is 20.4. The highest BCUT2D eigenvalue weighted by atomic mass is 32.2. The molecule has 0 bridgehead atoms. The van der Waals surface area contributed by atoms with Crippen molar-refractivity contribution in [3.63, 3.8) is 0 Å². The molecule has 2 aromatic carbocycles. The Morgan fingerprint density at radius 1 is 0.884 bits per heavy atom. The summed E-state index contributed by atoms with van der Waals surface area (Å²) < 4.78 is 67.0. The second kappa shape index (κ2) is 15.6. The van der Waals surface area contributed by atoms with Crippen LogP contribution in [0.25, 0.3) is 11.5 Å². The summed E-state index contributed by atoms with van der Waals surface area (Å²) in [6.45, 7) is 1.25. The van der Waals surface area contributed by atoms with Gasteiger partial charge in [0.1, 0.15) is 6.54 Å². The van der Waals surface area contributed by atoms with Crippen molar-refractivity contribution in [2.24, 2.45) is 0 Å². The number of sulfone groups is 1. The number of carboxylic acids is 1. The predicted octanol–water partition coefficient (Wildman–Crippen LogP) is 6.83. The zero-order valence-corrected chi connectivity index (χ0v) is 24.8. The van der Waals surface area contributed by atoms with Crippen molar-refractivity contribution in [2.45, 2.75) is 88.1 Å². The van der Waals surface area contributed by atoms with Crippen LogP contribution in [0.15, 0.2) is 57.9 Å². The number of carbonyl (C=O) groups is 2. The third-order valence-electron chi connectivity index (χ3n) is 6.88. The van der Waals surface area contributed by atoms with E-state index in [1.54, 1.807) is 12.1 Å². The number of nitrogens with zero attached hydrogens (tertiary/aromatic N) is 3. The van der Waals surface area contributed by atoms with Crippen molar-refractivity contribution in [3.8, 4) is 11.5 Å². The number of hydrogen-bond acceptors (Lipinski definition) is 7. The predicted molar refractivity (Wildman–Crippen MR) is 153 cm³/mol. The van der Waals surface area contributed by atoms with E-state index in [0.717, 1.165) is 42.0 Å². The lowest BCUT2D eigenvalue weighted by atomic mass is 10.1. The molecular formula is C30H36F3N3O6S. The lowest BCUT2D eigenvalue weighted by Gasteiger charge is -2.21. The number of rotatable bonds is 17. The smallest absolute Gasteiger partial charge is 0.480 e. The summed E-state index contributed by atoms with van der Waals surface area (Å²) in [6, 6.07) is 9.90. The largest absolute Gasteiger partial charge is 0.501 e. The zero-order chi connectivity index (χ0) is 31.5. The molecule has 0 aliphatic heterocycles. The van der Waals surface area contributed by atoms with Crippen LogP contribution in [0.2, 0.25) is 0 Å². The van der Waals surface area contributed by atoms with Crippen LogP contribution in [0.4, 0.5) is 13.2 Å². The van der Waals surface area contributed by atoms with E-state index < -0.39 is 38.7 Å². The quantitative estimate of drug-likeness (QED) is 0.162. The van der Waals surface area contributed by atoms with E-state index in [-0.39, 0.29) is 17.7 Å². The minimum absolute atomic E-state index is 0.163. The maximum atomic E-state index is 13.1. The zero-order valence-electron chi connectivity index (χ0n) is 24.0. The van der Waals surface area contributed by atoms with Gasteiger partial charge in [-0.3, -0.25) is 9.59 Å². The van der Waals surface area contributed by atoms with Crippen molar-refractivity contribution in [3.05, 3.63) is 65.5 Å². The number of aliphatic carboxylic acids is 1. The van der Waals surface area contributed by atoms with Gasteiger partial charge in [-0.05, 0) is 48.4 Å². The summed E-state index contributed by atoms with van der Waals surface area (Å²) in [5, 5.41) is 13.3. The standard InChI is InChI=1S/C30H36F3N3O6S/c1-2-3-4-5-6-7-8-9-10-11-26-34-28(42-35-26)23-14-16-24(17-15-23)29(39)36(21-27(37)38)20-22-12-18-25(19-13-22)43(40,41)30(31,32)33/h12-19H,2-11,20-21H2,1H3,(H,37,38). The Hall–Kier alpha value is -3.74. The summed E-state index contributed by atoms with van der Waals surface area (Å²) in [6.07, 6.45) is 11.6. The number of carboxylic acid groups (broad SMARTS) is 1. The molecule has 0 aliphatic carbocycles. The fourth-order valence-corrected chi connectivity index (χ4v) is 5.26. The van der Waals surface area contributed by atoms with Gasteiger partial charge in [-0.15, -0.1) is 0 Å². The second-order valence-electron chi connectivity index (χ2n) is 10.3. The number of carbonyl (C=O) groups excluding carboxylic acids is 1. The number of halogens is 3. The Morgan fingerprint density at radius 3 is 2.02 bits per heavy atom. The van der Waals surface area contributed by atoms with Crippen LogP contribution >= 0.6 is 0 Å². The Bertz CT molecular complexity index is 1440. The van der Waals surface area contributed by atoms with Crippen LogP contribution in [0.5, 0.6) is 0 Å². The van der Waals surface area contributed by atoms with E-state index in [1.165, 1.54) is 57.1 Å². The van der Waals surface area contributed by atoms with Gasteiger partial charge in [0.25, 0.3) is 21.6 Å². The molecule has 0 atom stereocenters. The van der Waals surface area contributed by atoms with Crippen LogP contribution < -0.4 is 0 Å². The molecule has 43 heavy (non-hydrogen) atoms. The fraction of sp³-hybridized carbons (Fsp3) is 0.467. The summed E-state index contributed by atoms with van der Waals surface area (Å²) in [4.78, 5) is 29.0. The summed E-state index contributed by atoms with van der Waals surface area (Å²) in [7, 11) is -5.53. The van der Waals surface area contributed by atoms with Gasteiger partial charge in [0.05, 0.1) is 4.90 Å². The molecule has 3 aromatic rings. The Kier molecular flexibility index (Phi) is 12.3. The number of benzene rings is 2. The van der Waals surface area contributed by atoms with Crippen molar-refractivity contribution >= 4 is 21.7 Å². The van der Waals surface area contributed by atoms with E-state index in [4.69, 9.17) is 4.52 Å². The molecule has 234 valence electrons. The van der Waals surface area contributed by atoms with Crippen LogP contribution in [-0.2, 0) is 27.6 Å². The third kappa shape index (κ3) is 9.91. The molecule has 3 rings (SSSR count). The molecule has 0 saturated heterocycles. The van der Waals surface area contributed by atoms with Crippen molar-refractivity contribution in [1.82, 2.24) is 15.0 Å². The molecule has 0 saturated carbocycles. The number of alkyl halides is 3. The number of amides is 1. The molecule has 1 heterocycles. The number of hydrogen-bond donors (Lipinski definition) is 1. The van der Waals surface area contributed by atoms with Crippen molar-refractivity contribution in [1.29, 1.82) is 0 Å². The highest BCUT2D eigenvalue weighted by Gasteiger charge is 2.46. The Labute approximate surface area is 249 Å². The van der Waals surface area contributed by atoms with Gasteiger partial charge in [0.15, 0.2) is 5.82 Å². The summed E-state index contributed by atoms with van der Waals surface area (Å²) >= 11 is 0. The van der Waals surface area contributed by atoms with Crippen molar-refractivity contribution in [2.75, 3.05) is 6.54 Å². The molecule has 1 N–H and O–H groups in total. The first-order valence-electron chi connectivity index (χ1n) is 14.3. The molecule has 0 aliphatic rings. The molecule has 0 fully saturated rings. The molecule has 1 amide bonds. The first kappa shape index (κ1) is 33.8. The average molecular weight is 624 g/mol. The van der Waals surface area contributed by atoms with E-state index in [1.807, 2.05) is 0 Å². The molecule has 0 radical (unpaired) electrons. The lowest BCUT2D eigenvalue weighted by molar-refractivity contribution is -0.137. The Balaban J connectivity index is 1.58. The van der Waals surface area contributed by atoms with Gasteiger partial charge in [-0.25, -0.2) is 8.42 Å². The monoisotopic (exact) mass is 623 g/mol. The minimum atomic E-state index is -5.53. The third-order valence-corrected chi connectivity index (χ3v) is 8.38. The maximum absolute atomic E-state index is 13.1. The second-order valence-corrected chi connectivity index (χ2v) is 12.3. The van der Waals surface area contributed by atoms with Crippen LogP contribution in [0, 0.1) is 0 Å². The molecule has 0 unspecified atom stereocenters. The molecular weight excluding hydrogens is 587 g/mol. The highest BCUT2D eigenvalue weighted by molar-refractivity contribution is 7.92. The number of unbranched alkanes of at least 4 members (excludes halogenated alkanes) is 8. The topological polar surface area (TPSA) is 131 Å². The maximum Gasteiger partial charge on any atom is 0.501 e. The minimum Gasteiger partial charge on any atom is -0.480 e. The van der Waals surface area contributed by atoms with E-state index in [9.17, 15) is 36.3 Å². The van der Waals surface area contributed by atoms with Crippen LogP contribution in [0.1, 0.15) is 86.5 Å². The van der Waals surface area contributed by atoms with Crippen molar-refractivity contribution < 1.29 is 40.8 Å². The average Bonchev–Trinajstić information content (AvgIpc) is 3.44. The molecule has 13 heteroatoms. The number of aromatic nitrogens is 2. The van der Waals surface area contributed by atoms with E-state index in [2.05, 4.69) is 17.1 Å². The molecule has 0 spiro atoms. The molecule has 1 aromatic heterocycles. The van der Waals surface area contributed by atoms with Crippen LogP contribution in [0.3, 0.4) is 0 Å². The van der Waals surface area contributed by atoms with Gasteiger partial charge in [0, 0.05) is 24.1 Å². The highest BCUT2D eigenvalue weighted by Crippen LogP contribution is 2.30. The van der Waals surface area contributed by atoms with Crippen LogP contribution in [-0.4, -0.2) is 52.5 Å². The summed E-state index contributed by atoms with van der Waals surface area (Å²) in [5.41, 5.74) is -4.47. The van der Waals surface area contributed by atoms with E-state index in [0.29, 0.717) is 23.7 Å². The number of aryl methyl sites for hydroxylation is 1. The first-order valence-corrected chi connectivity index (χ1v) is 15.7. The fourth-order valence-electron chi connectivity index (χ4n) is 4.50. The Morgan fingerprint density at radius 2 is 1.47 bits per heavy atom. The van der Waals surface area contributed by atoms with Gasteiger partial charge in [-0.1, -0.05) is 75.6 Å². The summed E-state index contributed by atoms with van der Waals surface area (Å²) in [5.74, 6) is -1.05. The van der Waals surface area contributed by atoms with Gasteiger partial charge >= 0.3 is 11.5 Å². The van der Waals surface area contributed by atoms with Gasteiger partial charge in [-0.2, -0.15) is 18.2 Å². The molecule has 9 nitrogen and oxygen atoms in total. The van der Waals surface area contributed by atoms with Gasteiger partial charge < -0.3 is 14.5 Å². The van der Waals surface area contributed by atoms with Gasteiger partial charge in [0.2, 0.25) is 0 Å².